The van der Waals surface area contributed by atoms with E-state index in [0.717, 1.165) is 25.6 Å². The summed E-state index contributed by atoms with van der Waals surface area (Å²) < 4.78 is 38.4. The van der Waals surface area contributed by atoms with Crippen LogP contribution in [0, 0.1) is 0 Å². The second kappa shape index (κ2) is 5.32. The number of alkyl halides is 3. The van der Waals surface area contributed by atoms with Gasteiger partial charge in [-0.2, -0.15) is 18.2 Å². The molecule has 0 spiro atoms. The van der Waals surface area contributed by atoms with Crippen molar-refractivity contribution in [3.8, 4) is 0 Å². The fraction of sp³-hybridized carbons (Fsp3) is 0.692. The zero-order chi connectivity index (χ0) is 15.0. The van der Waals surface area contributed by atoms with Crippen LogP contribution >= 0.6 is 0 Å². The van der Waals surface area contributed by atoms with Gasteiger partial charge in [0, 0.05) is 31.7 Å². The maximum Gasteiger partial charge on any atom is 0.433 e. The molecule has 116 valence electrons. The van der Waals surface area contributed by atoms with Gasteiger partial charge in [0.2, 0.25) is 5.95 Å². The van der Waals surface area contributed by atoms with Gasteiger partial charge in [-0.15, -0.1) is 0 Å². The van der Waals surface area contributed by atoms with Crippen molar-refractivity contribution < 1.29 is 13.2 Å². The predicted molar refractivity (Wildman–Crippen MR) is 72.9 cm³/mol. The summed E-state index contributed by atoms with van der Waals surface area (Å²) in [5.74, 6) is -0.0500. The third-order valence-electron chi connectivity index (χ3n) is 4.18. The SMILES string of the molecule is Nc1nc(N2CCN3CCCCC3C2)cc(C(F)(F)F)n1. The largest absolute Gasteiger partial charge is 0.433 e. The Labute approximate surface area is 120 Å². The number of rotatable bonds is 1. The predicted octanol–water partition coefficient (Wildman–Crippen LogP) is 1.75. The van der Waals surface area contributed by atoms with Crippen LogP contribution in [0.3, 0.4) is 0 Å². The van der Waals surface area contributed by atoms with Gasteiger partial charge in [-0.1, -0.05) is 6.42 Å². The van der Waals surface area contributed by atoms with Crippen LogP contribution in [0.4, 0.5) is 24.9 Å². The van der Waals surface area contributed by atoms with Gasteiger partial charge in [-0.25, -0.2) is 4.98 Å². The highest BCUT2D eigenvalue weighted by Gasteiger charge is 2.35. The number of anilines is 2. The number of halogens is 3. The van der Waals surface area contributed by atoms with Crippen molar-refractivity contribution in [3.05, 3.63) is 11.8 Å². The van der Waals surface area contributed by atoms with E-state index >= 15 is 0 Å². The number of fused-ring (bicyclic) bond motifs is 1. The minimum atomic E-state index is -4.50. The zero-order valence-corrected chi connectivity index (χ0v) is 11.6. The highest BCUT2D eigenvalue weighted by atomic mass is 19.4. The van der Waals surface area contributed by atoms with Crippen LogP contribution in [0.15, 0.2) is 6.07 Å². The molecule has 3 heterocycles. The standard InChI is InChI=1S/C13H18F3N5/c14-13(15,16)10-7-11(19-12(17)18-10)21-6-5-20-4-2-1-3-9(20)8-21/h7,9H,1-6,8H2,(H2,17,18,19). The van der Waals surface area contributed by atoms with E-state index in [0.29, 0.717) is 19.1 Å². The Balaban J connectivity index is 1.82. The summed E-state index contributed by atoms with van der Waals surface area (Å²) in [5, 5.41) is 0. The third kappa shape index (κ3) is 3.04. The van der Waals surface area contributed by atoms with Crippen molar-refractivity contribution in [2.45, 2.75) is 31.5 Å². The van der Waals surface area contributed by atoms with E-state index in [1.807, 2.05) is 4.90 Å². The summed E-state index contributed by atoms with van der Waals surface area (Å²) in [6, 6.07) is 1.40. The first kappa shape index (κ1) is 14.4. The van der Waals surface area contributed by atoms with Crippen molar-refractivity contribution in [2.75, 3.05) is 36.8 Å². The fourth-order valence-corrected chi connectivity index (χ4v) is 3.12. The smallest absolute Gasteiger partial charge is 0.368 e. The zero-order valence-electron chi connectivity index (χ0n) is 11.6. The van der Waals surface area contributed by atoms with Crippen LogP contribution in [0.5, 0.6) is 0 Å². The molecule has 8 heteroatoms. The Morgan fingerprint density at radius 1 is 1.14 bits per heavy atom. The average Bonchev–Trinajstić information content (AvgIpc) is 2.45. The highest BCUT2D eigenvalue weighted by Crippen LogP contribution is 2.31. The first-order chi connectivity index (χ1) is 9.93. The molecule has 2 fully saturated rings. The molecule has 1 aromatic rings. The Morgan fingerprint density at radius 3 is 2.71 bits per heavy atom. The van der Waals surface area contributed by atoms with E-state index < -0.39 is 11.9 Å². The normalized spacial score (nSPS) is 24.0. The second-order valence-corrected chi connectivity index (χ2v) is 5.60. The molecule has 2 N–H and O–H groups in total. The van der Waals surface area contributed by atoms with Crippen LogP contribution in [0.2, 0.25) is 0 Å². The number of nitrogens with two attached hydrogens (primary N) is 1. The van der Waals surface area contributed by atoms with Gasteiger partial charge in [0.1, 0.15) is 5.82 Å². The van der Waals surface area contributed by atoms with E-state index in [9.17, 15) is 13.2 Å². The summed E-state index contributed by atoms with van der Waals surface area (Å²) in [7, 11) is 0. The lowest BCUT2D eigenvalue weighted by Crippen LogP contribution is -2.55. The van der Waals surface area contributed by atoms with E-state index in [4.69, 9.17) is 5.73 Å². The molecular formula is C13H18F3N5. The molecule has 1 unspecified atom stereocenters. The van der Waals surface area contributed by atoms with E-state index in [-0.39, 0.29) is 11.8 Å². The lowest BCUT2D eigenvalue weighted by molar-refractivity contribution is -0.141. The topological polar surface area (TPSA) is 58.3 Å². The molecule has 0 saturated carbocycles. The average molecular weight is 301 g/mol. The van der Waals surface area contributed by atoms with Crippen LogP contribution in [-0.4, -0.2) is 47.1 Å². The molecule has 0 aliphatic carbocycles. The molecular weight excluding hydrogens is 283 g/mol. The summed E-state index contributed by atoms with van der Waals surface area (Å²) >= 11 is 0. The first-order valence-electron chi connectivity index (χ1n) is 7.14. The monoisotopic (exact) mass is 301 g/mol. The molecule has 3 rings (SSSR count). The Hall–Kier alpha value is -1.57. The number of aromatic nitrogens is 2. The minimum Gasteiger partial charge on any atom is -0.368 e. The summed E-state index contributed by atoms with van der Waals surface area (Å²) in [4.78, 5) is 11.6. The quantitative estimate of drug-likeness (QED) is 0.856. The molecule has 0 bridgehead atoms. The molecule has 2 aliphatic rings. The molecule has 1 atom stereocenters. The third-order valence-corrected chi connectivity index (χ3v) is 4.18. The lowest BCUT2D eigenvalue weighted by Gasteiger charge is -2.44. The van der Waals surface area contributed by atoms with Crippen molar-refractivity contribution in [3.63, 3.8) is 0 Å². The number of piperidine rings is 1. The van der Waals surface area contributed by atoms with Gasteiger partial charge >= 0.3 is 6.18 Å². The molecule has 1 aromatic heterocycles. The van der Waals surface area contributed by atoms with E-state index in [1.54, 1.807) is 0 Å². The van der Waals surface area contributed by atoms with Gasteiger partial charge in [0.05, 0.1) is 0 Å². The summed E-state index contributed by atoms with van der Waals surface area (Å²) in [6.45, 7) is 3.31. The number of piperazine rings is 1. The number of hydrogen-bond donors (Lipinski definition) is 1. The highest BCUT2D eigenvalue weighted by molar-refractivity contribution is 5.45. The van der Waals surface area contributed by atoms with Crippen molar-refractivity contribution in [1.82, 2.24) is 14.9 Å². The number of nitrogens with zero attached hydrogens (tertiary/aromatic N) is 4. The fourth-order valence-electron chi connectivity index (χ4n) is 3.12. The molecule has 0 radical (unpaired) electrons. The summed E-state index contributed by atoms with van der Waals surface area (Å²) in [5.41, 5.74) is 4.46. The molecule has 21 heavy (non-hydrogen) atoms. The lowest BCUT2D eigenvalue weighted by atomic mass is 9.99. The number of nitrogen functional groups attached to an aromatic ring is 1. The van der Waals surface area contributed by atoms with Gasteiger partial charge < -0.3 is 10.6 Å². The van der Waals surface area contributed by atoms with Crippen molar-refractivity contribution in [2.24, 2.45) is 0 Å². The first-order valence-corrected chi connectivity index (χ1v) is 7.14. The van der Waals surface area contributed by atoms with Crippen LogP contribution < -0.4 is 10.6 Å². The Bertz CT molecular complexity index is 519. The molecule has 0 amide bonds. The van der Waals surface area contributed by atoms with Crippen LogP contribution in [-0.2, 0) is 6.18 Å². The Kier molecular flexibility index (Phi) is 3.64. The van der Waals surface area contributed by atoms with Crippen molar-refractivity contribution >= 4 is 11.8 Å². The summed E-state index contributed by atoms with van der Waals surface area (Å²) in [6.07, 6.45) is -1.04. The van der Waals surface area contributed by atoms with Crippen LogP contribution in [0.25, 0.3) is 0 Å². The number of hydrogen-bond acceptors (Lipinski definition) is 5. The van der Waals surface area contributed by atoms with Gasteiger partial charge in [-0.05, 0) is 19.4 Å². The van der Waals surface area contributed by atoms with Gasteiger partial charge in [0.15, 0.2) is 5.69 Å². The van der Waals surface area contributed by atoms with Gasteiger partial charge in [-0.3, -0.25) is 4.90 Å². The maximum atomic E-state index is 12.8. The minimum absolute atomic E-state index is 0.278. The molecule has 2 saturated heterocycles. The van der Waals surface area contributed by atoms with Crippen molar-refractivity contribution in [1.29, 1.82) is 0 Å². The van der Waals surface area contributed by atoms with E-state index in [1.165, 1.54) is 12.8 Å². The molecule has 0 aromatic carbocycles. The maximum absolute atomic E-state index is 12.8. The molecule has 5 nitrogen and oxygen atoms in total. The van der Waals surface area contributed by atoms with E-state index in [2.05, 4.69) is 14.9 Å². The second-order valence-electron chi connectivity index (χ2n) is 5.60. The van der Waals surface area contributed by atoms with Crippen LogP contribution in [0.1, 0.15) is 25.0 Å². The Morgan fingerprint density at radius 2 is 1.95 bits per heavy atom. The van der Waals surface area contributed by atoms with Gasteiger partial charge in [0.25, 0.3) is 0 Å². The molecule has 2 aliphatic heterocycles.